The fourth-order valence-corrected chi connectivity index (χ4v) is 2.49. The van der Waals surface area contributed by atoms with Gasteiger partial charge in [-0.15, -0.1) is 11.3 Å². The van der Waals surface area contributed by atoms with Crippen molar-refractivity contribution in [3.8, 4) is 0 Å². The summed E-state index contributed by atoms with van der Waals surface area (Å²) in [6.07, 6.45) is 4.48. The van der Waals surface area contributed by atoms with E-state index in [-0.39, 0.29) is 0 Å². The van der Waals surface area contributed by atoms with Crippen LogP contribution in [-0.4, -0.2) is 24.0 Å². The third-order valence-corrected chi connectivity index (χ3v) is 3.59. The lowest BCUT2D eigenvalue weighted by atomic mass is 10.4. The molecule has 0 aliphatic carbocycles. The Morgan fingerprint density at radius 3 is 3.00 bits per heavy atom. The van der Waals surface area contributed by atoms with Gasteiger partial charge < -0.3 is 15.1 Å². The fourth-order valence-electron chi connectivity index (χ4n) is 1.71. The highest BCUT2D eigenvalue weighted by Crippen LogP contribution is 2.10. The molecule has 0 radical (unpaired) electrons. The summed E-state index contributed by atoms with van der Waals surface area (Å²) in [5.74, 6) is 1.66. The molecule has 5 nitrogen and oxygen atoms in total. The van der Waals surface area contributed by atoms with Crippen LogP contribution in [0.3, 0.4) is 0 Å². The Kier molecular flexibility index (Phi) is 5.61. The van der Waals surface area contributed by atoms with E-state index in [4.69, 9.17) is 4.42 Å². The van der Waals surface area contributed by atoms with Gasteiger partial charge in [0, 0.05) is 30.6 Å². The molecule has 2 rings (SSSR count). The zero-order valence-corrected chi connectivity index (χ0v) is 12.7. The lowest BCUT2D eigenvalue weighted by molar-refractivity contribution is 0.512. The Balaban J connectivity index is 1.80. The number of hydrogen-bond donors (Lipinski definition) is 2. The summed E-state index contributed by atoms with van der Waals surface area (Å²) in [6.45, 7) is 6.31. The molecule has 2 aromatic rings. The Labute approximate surface area is 123 Å². The largest absolute Gasteiger partial charge is 0.467 e. The number of hydrogen-bond acceptors (Lipinski definition) is 4. The third kappa shape index (κ3) is 4.70. The monoisotopic (exact) mass is 292 g/mol. The van der Waals surface area contributed by atoms with Crippen molar-refractivity contribution in [2.45, 2.75) is 26.8 Å². The van der Waals surface area contributed by atoms with Gasteiger partial charge >= 0.3 is 0 Å². The van der Waals surface area contributed by atoms with Gasteiger partial charge in [-0.25, -0.2) is 9.98 Å². The zero-order valence-electron chi connectivity index (χ0n) is 11.8. The van der Waals surface area contributed by atoms with Crippen LogP contribution in [0.4, 0.5) is 0 Å². The van der Waals surface area contributed by atoms with Crippen LogP contribution < -0.4 is 10.6 Å². The maximum atomic E-state index is 5.27. The van der Waals surface area contributed by atoms with E-state index in [0.717, 1.165) is 36.2 Å². The van der Waals surface area contributed by atoms with Gasteiger partial charge in [0.05, 0.1) is 11.3 Å². The minimum absolute atomic E-state index is 0.540. The molecule has 20 heavy (non-hydrogen) atoms. The summed E-state index contributed by atoms with van der Waals surface area (Å²) in [6, 6.07) is 3.79. The standard InChI is InChI=1S/C14H20N4OS/c1-3-15-14(18-10-12-5-4-8-19-12)16-7-6-13-17-9-11(2)20-13/h4-5,8-9H,3,6-7,10H2,1-2H3,(H2,15,16,18). The van der Waals surface area contributed by atoms with Crippen LogP contribution in [0.2, 0.25) is 0 Å². The van der Waals surface area contributed by atoms with Gasteiger partial charge in [-0.3, -0.25) is 0 Å². The van der Waals surface area contributed by atoms with Crippen molar-refractivity contribution in [2.24, 2.45) is 4.99 Å². The van der Waals surface area contributed by atoms with E-state index in [2.05, 4.69) is 27.5 Å². The number of nitrogens with one attached hydrogen (secondary N) is 2. The molecule has 0 aliphatic heterocycles. The number of furan rings is 1. The Bertz CT molecular complexity index is 533. The summed E-state index contributed by atoms with van der Waals surface area (Å²) >= 11 is 1.74. The average Bonchev–Trinajstić information content (AvgIpc) is 3.08. The Morgan fingerprint density at radius 1 is 1.45 bits per heavy atom. The van der Waals surface area contributed by atoms with Crippen molar-refractivity contribution in [2.75, 3.05) is 13.1 Å². The predicted molar refractivity (Wildman–Crippen MR) is 82.1 cm³/mol. The van der Waals surface area contributed by atoms with Crippen LogP contribution in [0.5, 0.6) is 0 Å². The van der Waals surface area contributed by atoms with Crippen LogP contribution in [-0.2, 0) is 13.0 Å². The number of guanidine groups is 1. The Morgan fingerprint density at radius 2 is 2.35 bits per heavy atom. The number of nitrogens with zero attached hydrogens (tertiary/aromatic N) is 2. The lowest BCUT2D eigenvalue weighted by Crippen LogP contribution is -2.38. The number of aliphatic imine (C=N–C) groups is 1. The molecule has 0 aliphatic rings. The van der Waals surface area contributed by atoms with Crippen molar-refractivity contribution < 1.29 is 4.42 Å². The summed E-state index contributed by atoms with van der Waals surface area (Å²) in [7, 11) is 0. The van der Waals surface area contributed by atoms with Gasteiger partial charge in [-0.05, 0) is 26.0 Å². The van der Waals surface area contributed by atoms with E-state index in [1.165, 1.54) is 4.88 Å². The second kappa shape index (κ2) is 7.69. The molecule has 0 unspecified atom stereocenters. The third-order valence-electron chi connectivity index (χ3n) is 2.62. The van der Waals surface area contributed by atoms with E-state index in [0.29, 0.717) is 6.54 Å². The molecule has 2 heterocycles. The van der Waals surface area contributed by atoms with E-state index < -0.39 is 0 Å². The SMILES string of the molecule is CCNC(=NCc1ccco1)NCCc1ncc(C)s1. The smallest absolute Gasteiger partial charge is 0.191 e. The minimum atomic E-state index is 0.540. The van der Waals surface area contributed by atoms with Crippen LogP contribution >= 0.6 is 11.3 Å². The first kappa shape index (κ1) is 14.6. The maximum Gasteiger partial charge on any atom is 0.191 e. The molecule has 0 saturated carbocycles. The highest BCUT2D eigenvalue weighted by Gasteiger charge is 2.01. The van der Waals surface area contributed by atoms with Gasteiger partial charge in [0.1, 0.15) is 12.3 Å². The molecule has 0 aromatic carbocycles. The van der Waals surface area contributed by atoms with E-state index in [1.807, 2.05) is 25.3 Å². The lowest BCUT2D eigenvalue weighted by Gasteiger charge is -2.10. The van der Waals surface area contributed by atoms with Gasteiger partial charge in [-0.2, -0.15) is 0 Å². The molecule has 0 amide bonds. The first-order valence-corrected chi connectivity index (χ1v) is 7.55. The van der Waals surface area contributed by atoms with Crippen LogP contribution in [0.15, 0.2) is 34.0 Å². The molecular weight excluding hydrogens is 272 g/mol. The number of rotatable bonds is 6. The van der Waals surface area contributed by atoms with Gasteiger partial charge in [0.2, 0.25) is 0 Å². The molecule has 6 heteroatoms. The molecular formula is C14H20N4OS. The van der Waals surface area contributed by atoms with Crippen LogP contribution in [0.25, 0.3) is 0 Å². The van der Waals surface area contributed by atoms with Gasteiger partial charge in [0.25, 0.3) is 0 Å². The number of thiazole rings is 1. The first-order valence-electron chi connectivity index (χ1n) is 6.74. The molecule has 0 saturated heterocycles. The molecule has 0 spiro atoms. The summed E-state index contributed by atoms with van der Waals surface area (Å²) < 4.78 is 5.27. The molecule has 0 bridgehead atoms. The van der Waals surface area contributed by atoms with E-state index >= 15 is 0 Å². The Hall–Kier alpha value is -1.82. The molecule has 108 valence electrons. The first-order chi connectivity index (χ1) is 9.78. The maximum absolute atomic E-state index is 5.27. The molecule has 2 aromatic heterocycles. The van der Waals surface area contributed by atoms with Crippen molar-refractivity contribution >= 4 is 17.3 Å². The highest BCUT2D eigenvalue weighted by molar-refractivity contribution is 7.11. The summed E-state index contributed by atoms with van der Waals surface area (Å²) in [5.41, 5.74) is 0. The van der Waals surface area contributed by atoms with Crippen LogP contribution in [0, 0.1) is 6.92 Å². The van der Waals surface area contributed by atoms with Crippen molar-refractivity contribution in [1.29, 1.82) is 0 Å². The molecule has 2 N–H and O–H groups in total. The topological polar surface area (TPSA) is 62.5 Å². The normalized spacial score (nSPS) is 11.6. The summed E-state index contributed by atoms with van der Waals surface area (Å²) in [5, 5.41) is 7.67. The summed E-state index contributed by atoms with van der Waals surface area (Å²) in [4.78, 5) is 10.1. The highest BCUT2D eigenvalue weighted by atomic mass is 32.1. The van der Waals surface area contributed by atoms with Crippen molar-refractivity contribution in [3.63, 3.8) is 0 Å². The minimum Gasteiger partial charge on any atom is -0.467 e. The number of aromatic nitrogens is 1. The predicted octanol–water partition coefficient (Wildman–Crippen LogP) is 2.34. The van der Waals surface area contributed by atoms with Gasteiger partial charge in [0.15, 0.2) is 5.96 Å². The van der Waals surface area contributed by atoms with Gasteiger partial charge in [-0.1, -0.05) is 0 Å². The quantitative estimate of drug-likeness (QED) is 0.634. The fraction of sp³-hybridized carbons (Fsp3) is 0.429. The van der Waals surface area contributed by atoms with Crippen LogP contribution in [0.1, 0.15) is 22.6 Å². The molecule has 0 atom stereocenters. The average molecular weight is 292 g/mol. The number of aryl methyl sites for hydroxylation is 1. The second-order valence-corrected chi connectivity index (χ2v) is 5.64. The molecule has 0 fully saturated rings. The van der Waals surface area contributed by atoms with E-state index in [1.54, 1.807) is 17.6 Å². The van der Waals surface area contributed by atoms with Crippen molar-refractivity contribution in [1.82, 2.24) is 15.6 Å². The van der Waals surface area contributed by atoms with Crippen molar-refractivity contribution in [3.05, 3.63) is 40.2 Å². The zero-order chi connectivity index (χ0) is 14.2. The second-order valence-electron chi connectivity index (χ2n) is 4.32. The van der Waals surface area contributed by atoms with E-state index in [9.17, 15) is 0 Å².